The minimum atomic E-state index is -0.494. The van der Waals surface area contributed by atoms with Crippen molar-refractivity contribution in [2.45, 2.75) is 13.8 Å². The molecule has 1 aromatic carbocycles. The zero-order valence-electron chi connectivity index (χ0n) is 10.8. The molecule has 0 radical (unpaired) electrons. The third-order valence-corrected chi connectivity index (χ3v) is 3.43. The third-order valence-electron chi connectivity index (χ3n) is 2.54. The molecule has 0 atom stereocenters. The van der Waals surface area contributed by atoms with E-state index in [1.165, 1.54) is 24.5 Å². The number of nitrogens with one attached hydrogen (secondary N) is 1. The van der Waals surface area contributed by atoms with E-state index in [4.69, 9.17) is 0 Å². The Morgan fingerprint density at radius 3 is 2.79 bits per heavy atom. The number of aromatic nitrogens is 1. The average Bonchev–Trinajstić information content (AvgIpc) is 2.73. The van der Waals surface area contributed by atoms with Gasteiger partial charge >= 0.3 is 5.97 Å². The number of benzene rings is 1. The lowest BCUT2D eigenvalue weighted by atomic mass is 10.2. The highest BCUT2D eigenvalue weighted by Crippen LogP contribution is 2.27. The lowest BCUT2D eigenvalue weighted by molar-refractivity contribution is 0.0594. The van der Waals surface area contributed by atoms with Crippen LogP contribution in [-0.4, -0.2) is 18.1 Å². The number of rotatable bonds is 3. The number of aryl methyl sites for hydroxylation is 2. The van der Waals surface area contributed by atoms with Crippen LogP contribution in [0.25, 0.3) is 0 Å². The summed E-state index contributed by atoms with van der Waals surface area (Å²) in [5.74, 6) is -0.848. The molecule has 0 fully saturated rings. The molecule has 2 rings (SSSR count). The zero-order valence-corrected chi connectivity index (χ0v) is 11.6. The number of methoxy groups -OCH3 is 1. The maximum Gasteiger partial charge on any atom is 0.357 e. The van der Waals surface area contributed by atoms with Crippen molar-refractivity contribution in [3.05, 3.63) is 40.2 Å². The van der Waals surface area contributed by atoms with Gasteiger partial charge in [-0.25, -0.2) is 14.2 Å². The van der Waals surface area contributed by atoms with Crippen molar-refractivity contribution in [3.8, 4) is 0 Å². The molecule has 0 bridgehead atoms. The third kappa shape index (κ3) is 2.90. The minimum Gasteiger partial charge on any atom is -0.464 e. The van der Waals surface area contributed by atoms with E-state index in [1.807, 2.05) is 6.92 Å². The molecule has 19 heavy (non-hydrogen) atoms. The Morgan fingerprint density at radius 2 is 2.16 bits per heavy atom. The lowest BCUT2D eigenvalue weighted by Gasteiger charge is -2.04. The number of halogens is 1. The van der Waals surface area contributed by atoms with E-state index in [2.05, 4.69) is 15.0 Å². The molecule has 0 unspecified atom stereocenters. The van der Waals surface area contributed by atoms with E-state index < -0.39 is 5.97 Å². The zero-order chi connectivity index (χ0) is 14.0. The summed E-state index contributed by atoms with van der Waals surface area (Å²) in [6.07, 6.45) is 0. The number of carbonyl (C=O) groups is 1. The van der Waals surface area contributed by atoms with Gasteiger partial charge in [-0.05, 0) is 31.5 Å². The molecule has 2 aromatic rings. The van der Waals surface area contributed by atoms with Gasteiger partial charge in [0.25, 0.3) is 0 Å². The predicted molar refractivity (Wildman–Crippen MR) is 72.6 cm³/mol. The van der Waals surface area contributed by atoms with Gasteiger partial charge < -0.3 is 10.1 Å². The van der Waals surface area contributed by atoms with Crippen LogP contribution in [0.4, 0.5) is 15.2 Å². The molecule has 0 saturated heterocycles. The van der Waals surface area contributed by atoms with Crippen molar-refractivity contribution in [1.29, 1.82) is 0 Å². The summed E-state index contributed by atoms with van der Waals surface area (Å²) in [7, 11) is 1.30. The number of esters is 1. The molecule has 0 aliphatic carbocycles. The summed E-state index contributed by atoms with van der Waals surface area (Å²) >= 11 is 1.28. The summed E-state index contributed by atoms with van der Waals surface area (Å²) in [5.41, 5.74) is 1.42. The van der Waals surface area contributed by atoms with E-state index in [0.29, 0.717) is 10.8 Å². The summed E-state index contributed by atoms with van der Waals surface area (Å²) in [6.45, 7) is 3.58. The number of hydrogen-bond donors (Lipinski definition) is 1. The van der Waals surface area contributed by atoms with Gasteiger partial charge in [0.1, 0.15) is 5.82 Å². The second-order valence-corrected chi connectivity index (χ2v) is 5.23. The first kappa shape index (κ1) is 13.5. The van der Waals surface area contributed by atoms with Crippen LogP contribution in [0.15, 0.2) is 18.2 Å². The van der Waals surface area contributed by atoms with Crippen LogP contribution in [0.3, 0.4) is 0 Å². The fourth-order valence-corrected chi connectivity index (χ4v) is 2.39. The maximum atomic E-state index is 13.7. The molecule has 6 heteroatoms. The molecule has 0 amide bonds. The quantitative estimate of drug-likeness (QED) is 0.875. The van der Waals surface area contributed by atoms with Crippen molar-refractivity contribution >= 4 is 28.1 Å². The molecular formula is C13H13FN2O2S. The molecule has 1 aromatic heterocycles. The van der Waals surface area contributed by atoms with E-state index >= 15 is 0 Å². The van der Waals surface area contributed by atoms with Gasteiger partial charge in [-0.1, -0.05) is 6.07 Å². The van der Waals surface area contributed by atoms with Crippen LogP contribution in [0.2, 0.25) is 0 Å². The van der Waals surface area contributed by atoms with Gasteiger partial charge in [0, 0.05) is 4.88 Å². The van der Waals surface area contributed by atoms with Gasteiger partial charge in [-0.15, -0.1) is 11.3 Å². The normalized spacial score (nSPS) is 10.3. The summed E-state index contributed by atoms with van der Waals surface area (Å²) in [6, 6.07) is 4.87. The van der Waals surface area contributed by atoms with Crippen molar-refractivity contribution in [3.63, 3.8) is 0 Å². The highest BCUT2D eigenvalue weighted by Gasteiger charge is 2.16. The summed E-state index contributed by atoms with van der Waals surface area (Å²) in [4.78, 5) is 16.3. The Balaban J connectivity index is 2.26. The smallest absolute Gasteiger partial charge is 0.357 e. The molecule has 1 N–H and O–H groups in total. The molecule has 0 aliphatic rings. The van der Waals surface area contributed by atoms with E-state index in [0.717, 1.165) is 10.4 Å². The first-order valence-corrected chi connectivity index (χ1v) is 6.42. The van der Waals surface area contributed by atoms with Gasteiger partial charge in [-0.2, -0.15) is 0 Å². The van der Waals surface area contributed by atoms with Crippen LogP contribution in [-0.2, 0) is 4.74 Å². The molecule has 4 nitrogen and oxygen atoms in total. The predicted octanol–water partition coefficient (Wildman–Crippen LogP) is 3.43. The largest absolute Gasteiger partial charge is 0.464 e. The first-order chi connectivity index (χ1) is 9.01. The van der Waals surface area contributed by atoms with E-state index in [1.54, 1.807) is 19.1 Å². The Hall–Kier alpha value is -1.95. The number of carbonyl (C=O) groups excluding carboxylic acids is 1. The number of ether oxygens (including phenoxy) is 1. The Morgan fingerprint density at radius 1 is 1.42 bits per heavy atom. The van der Waals surface area contributed by atoms with Crippen LogP contribution >= 0.6 is 11.3 Å². The minimum absolute atomic E-state index is 0.252. The fraction of sp³-hybridized carbons (Fsp3) is 0.231. The molecular weight excluding hydrogens is 267 g/mol. The number of hydrogen-bond acceptors (Lipinski definition) is 5. The average molecular weight is 280 g/mol. The van der Waals surface area contributed by atoms with Crippen LogP contribution < -0.4 is 5.32 Å². The van der Waals surface area contributed by atoms with Crippen molar-refractivity contribution in [2.24, 2.45) is 0 Å². The Kier molecular flexibility index (Phi) is 3.80. The molecule has 0 spiro atoms. The van der Waals surface area contributed by atoms with E-state index in [-0.39, 0.29) is 11.5 Å². The maximum absolute atomic E-state index is 13.7. The summed E-state index contributed by atoms with van der Waals surface area (Å²) < 4.78 is 18.3. The first-order valence-electron chi connectivity index (χ1n) is 5.60. The standard InChI is InChI=1S/C13H13FN2O2S/c1-7-4-5-10(9(14)6-7)15-13-16-11(8(2)19-13)12(17)18-3/h4-6H,1-3H3,(H,15,16). The van der Waals surface area contributed by atoms with Gasteiger partial charge in [0.05, 0.1) is 12.8 Å². The van der Waals surface area contributed by atoms with Crippen LogP contribution in [0.1, 0.15) is 20.9 Å². The van der Waals surface area contributed by atoms with E-state index in [9.17, 15) is 9.18 Å². The fourth-order valence-electron chi connectivity index (χ4n) is 1.57. The molecule has 0 saturated carbocycles. The van der Waals surface area contributed by atoms with Crippen LogP contribution in [0.5, 0.6) is 0 Å². The topological polar surface area (TPSA) is 51.2 Å². The second kappa shape index (κ2) is 5.36. The SMILES string of the molecule is COC(=O)c1nc(Nc2ccc(C)cc2F)sc1C. The highest BCUT2D eigenvalue weighted by molar-refractivity contribution is 7.15. The Labute approximate surface area is 114 Å². The molecule has 1 heterocycles. The van der Waals surface area contributed by atoms with Crippen molar-refractivity contribution in [1.82, 2.24) is 4.98 Å². The molecule has 100 valence electrons. The molecule has 0 aliphatic heterocycles. The van der Waals surface area contributed by atoms with Crippen molar-refractivity contribution in [2.75, 3.05) is 12.4 Å². The highest BCUT2D eigenvalue weighted by atomic mass is 32.1. The second-order valence-electron chi connectivity index (χ2n) is 4.02. The van der Waals surface area contributed by atoms with Gasteiger partial charge in [0.15, 0.2) is 10.8 Å². The van der Waals surface area contributed by atoms with Crippen molar-refractivity contribution < 1.29 is 13.9 Å². The number of nitrogens with zero attached hydrogens (tertiary/aromatic N) is 1. The Bertz CT molecular complexity index is 625. The summed E-state index contributed by atoms with van der Waals surface area (Å²) in [5, 5.41) is 3.32. The van der Waals surface area contributed by atoms with Crippen LogP contribution in [0, 0.1) is 19.7 Å². The van der Waals surface area contributed by atoms with Gasteiger partial charge in [0.2, 0.25) is 0 Å². The number of thiazole rings is 1. The number of anilines is 2. The monoisotopic (exact) mass is 280 g/mol. The van der Waals surface area contributed by atoms with Gasteiger partial charge in [-0.3, -0.25) is 0 Å². The lowest BCUT2D eigenvalue weighted by Crippen LogP contribution is -2.03.